The Morgan fingerprint density at radius 1 is 0.580 bits per heavy atom. The smallest absolute Gasteiger partial charge is 0.490 e. The molecule has 2 atom stereocenters. The summed E-state index contributed by atoms with van der Waals surface area (Å²) in [6.45, 7) is 16.1. The number of hydrogen-bond donors (Lipinski definition) is 10. The van der Waals surface area contributed by atoms with Gasteiger partial charge in [0.2, 0.25) is 11.8 Å². The molecule has 4 aromatic carbocycles. The number of carbonyl (C=O) groups excluding carboxylic acids is 4. The number of alkyl halides is 6. The van der Waals surface area contributed by atoms with Crippen LogP contribution >= 0.6 is 0 Å². The van der Waals surface area contributed by atoms with Crippen LogP contribution in [0.1, 0.15) is 111 Å². The molecular formula is C60H72F6N10O12. The van der Waals surface area contributed by atoms with Crippen LogP contribution in [0, 0.1) is 12.3 Å². The Bertz CT molecular complexity index is 3430. The lowest BCUT2D eigenvalue weighted by atomic mass is 10.0. The number of hydrogen-bond acceptors (Lipinski definition) is 16. The predicted octanol–water partition coefficient (Wildman–Crippen LogP) is 8.85. The van der Waals surface area contributed by atoms with Gasteiger partial charge < -0.3 is 73.4 Å². The molecule has 28 heteroatoms. The number of fused-ring (bicyclic) bond motifs is 2. The van der Waals surface area contributed by atoms with E-state index in [0.717, 1.165) is 40.0 Å². The van der Waals surface area contributed by atoms with Crippen molar-refractivity contribution in [2.75, 3.05) is 37.1 Å². The Hall–Kier alpha value is -9.62. The minimum atomic E-state index is -5.08. The number of nitrogens with two attached hydrogens (primary N) is 4. The van der Waals surface area contributed by atoms with Crippen molar-refractivity contribution in [1.82, 2.24) is 20.6 Å². The number of carboxylic acids is 2. The number of aromatic nitrogens is 2. The molecule has 14 N–H and O–H groups in total. The molecule has 88 heavy (non-hydrogen) atoms. The Morgan fingerprint density at radius 3 is 1.22 bits per heavy atom. The standard InChI is InChI=1S/C28H37N5O4.C28H33N5O4.2C2HF3O2/c2*1-5-10-21(29)28(35)32-15-17-11-9-12-22(18(17)6-2)33-26-19-13-24(36-7-3)25(37-8-4)14-23(19)31-16-20(26)27(30)34;2*3-2(4,5)1(6)7/h9,11-14,16,21H,5-8,10,15,29H2,1-4H3,(H2,30,34)(H,31,33)(H,32,35);1,9,11-14,16,21H,6-8,10,15,29H2,2-4H3,(H2,30,34)(H,31,33)(H,32,35);2*(H,6,7)/t2*21-;;/m00../s1. The fourth-order valence-electron chi connectivity index (χ4n) is 8.34. The molecule has 6 aromatic rings. The van der Waals surface area contributed by atoms with Crippen LogP contribution in [-0.4, -0.2) is 107 Å². The predicted molar refractivity (Wildman–Crippen MR) is 319 cm³/mol. The molecule has 0 radical (unpaired) electrons. The number of carbonyl (C=O) groups is 6. The molecule has 4 amide bonds. The number of terminal acetylenes is 1. The highest BCUT2D eigenvalue weighted by molar-refractivity contribution is 6.09. The largest absolute Gasteiger partial charge is 0.490 e. The topological polar surface area (TPSA) is 358 Å². The van der Waals surface area contributed by atoms with Crippen molar-refractivity contribution >= 4 is 80.1 Å². The van der Waals surface area contributed by atoms with Gasteiger partial charge in [-0.2, -0.15) is 26.3 Å². The van der Waals surface area contributed by atoms with E-state index in [1.807, 2.05) is 90.9 Å². The summed E-state index contributed by atoms with van der Waals surface area (Å²) in [5.41, 5.74) is 31.4. The summed E-state index contributed by atoms with van der Waals surface area (Å²) in [5.74, 6) is -2.58. The Kier molecular flexibility index (Phi) is 28.5. The molecule has 0 fully saturated rings. The van der Waals surface area contributed by atoms with Crippen LogP contribution in [0.5, 0.6) is 23.0 Å². The SMILES string of the molecule is C#CC[C@H](N)C(=O)NCc1cccc(Nc2c(C(N)=O)cnc3cc(OCC)c(OCC)cc23)c1CC.CCC[C@H](N)C(=O)NCc1cccc(Nc2c(C(N)=O)cnc3cc(OCC)c(OCC)cc23)c1CC.O=C(O)C(F)(F)F.O=C(O)C(F)(F)F. The number of primary amides is 2. The summed E-state index contributed by atoms with van der Waals surface area (Å²) in [5, 5.41) is 28.2. The maximum Gasteiger partial charge on any atom is 0.490 e. The normalized spacial score (nSPS) is 11.5. The van der Waals surface area contributed by atoms with E-state index in [1.165, 1.54) is 12.4 Å². The number of aliphatic carboxylic acids is 2. The van der Waals surface area contributed by atoms with E-state index in [0.29, 0.717) is 108 Å². The van der Waals surface area contributed by atoms with Crippen molar-refractivity contribution in [3.8, 4) is 35.3 Å². The molecule has 0 unspecified atom stereocenters. The van der Waals surface area contributed by atoms with Crippen molar-refractivity contribution < 1.29 is 84.3 Å². The second-order valence-corrected chi connectivity index (χ2v) is 18.5. The number of anilines is 4. The lowest BCUT2D eigenvalue weighted by molar-refractivity contribution is -0.193. The van der Waals surface area contributed by atoms with E-state index in [4.69, 9.17) is 68.1 Å². The molecular weight excluding hydrogens is 1170 g/mol. The fraction of sp³-hybridized carbons (Fsp3) is 0.367. The molecule has 2 aromatic heterocycles. The minimum absolute atomic E-state index is 0.161. The van der Waals surface area contributed by atoms with Crippen molar-refractivity contribution in [3.05, 3.63) is 106 Å². The van der Waals surface area contributed by atoms with Crippen molar-refractivity contribution in [3.63, 3.8) is 0 Å². The third-order valence-electron chi connectivity index (χ3n) is 12.4. The second-order valence-electron chi connectivity index (χ2n) is 18.5. The lowest BCUT2D eigenvalue weighted by Crippen LogP contribution is -2.40. The third-order valence-corrected chi connectivity index (χ3v) is 12.4. The summed E-state index contributed by atoms with van der Waals surface area (Å²) in [4.78, 5) is 76.1. The number of pyridine rings is 2. The maximum absolute atomic E-state index is 12.4. The number of nitrogens with zero attached hydrogens (tertiary/aromatic N) is 2. The Labute approximate surface area is 503 Å². The van der Waals surface area contributed by atoms with Gasteiger partial charge in [0.15, 0.2) is 23.0 Å². The van der Waals surface area contributed by atoms with E-state index in [1.54, 1.807) is 18.2 Å². The summed E-state index contributed by atoms with van der Waals surface area (Å²) in [6.07, 6.45) is 1.01. The first kappa shape index (κ1) is 72.6. The van der Waals surface area contributed by atoms with Gasteiger partial charge in [-0.1, -0.05) is 51.5 Å². The average Bonchev–Trinajstić information content (AvgIpc) is 2.03. The quantitative estimate of drug-likeness (QED) is 0.0189. The molecule has 0 aliphatic rings. The zero-order valence-electron chi connectivity index (χ0n) is 49.4. The maximum atomic E-state index is 12.4. The summed E-state index contributed by atoms with van der Waals surface area (Å²) < 4.78 is 86.6. The van der Waals surface area contributed by atoms with Crippen molar-refractivity contribution in [1.29, 1.82) is 0 Å². The second kappa shape index (κ2) is 34.5. The number of carboxylic acid groups (broad SMARTS) is 2. The molecule has 0 bridgehead atoms. The van der Waals surface area contributed by atoms with Crippen LogP contribution in [-0.2, 0) is 45.1 Å². The molecule has 6 rings (SSSR count). The van der Waals surface area contributed by atoms with Crippen LogP contribution < -0.4 is 63.1 Å². The number of nitrogens with one attached hydrogen (secondary N) is 4. The van der Waals surface area contributed by atoms with E-state index in [-0.39, 0.29) is 35.9 Å². The van der Waals surface area contributed by atoms with E-state index >= 15 is 0 Å². The van der Waals surface area contributed by atoms with Crippen molar-refractivity contribution in [2.24, 2.45) is 22.9 Å². The molecule has 0 saturated carbocycles. The number of rotatable bonds is 25. The average molecular weight is 1240 g/mol. The number of benzene rings is 4. The molecule has 0 aliphatic heterocycles. The van der Waals surface area contributed by atoms with Crippen LogP contribution in [0.2, 0.25) is 0 Å². The monoisotopic (exact) mass is 1240 g/mol. The van der Waals surface area contributed by atoms with Crippen molar-refractivity contribution in [2.45, 2.75) is 118 Å². The number of amides is 4. The minimum Gasteiger partial charge on any atom is -0.490 e. The molecule has 0 spiro atoms. The molecule has 2 heterocycles. The lowest BCUT2D eigenvalue weighted by Gasteiger charge is -2.20. The van der Waals surface area contributed by atoms with E-state index in [9.17, 15) is 45.5 Å². The van der Waals surface area contributed by atoms with Gasteiger partial charge in [-0.25, -0.2) is 9.59 Å². The molecule has 0 saturated heterocycles. The highest BCUT2D eigenvalue weighted by atomic mass is 19.4. The first-order chi connectivity index (χ1) is 41.6. The van der Waals surface area contributed by atoms with E-state index in [2.05, 4.69) is 37.2 Å². The zero-order valence-corrected chi connectivity index (χ0v) is 49.4. The molecule has 476 valence electrons. The first-order valence-electron chi connectivity index (χ1n) is 27.5. The van der Waals surface area contributed by atoms with Gasteiger partial charge in [-0.05, 0) is 93.5 Å². The highest BCUT2D eigenvalue weighted by Gasteiger charge is 2.39. The van der Waals surface area contributed by atoms with Gasteiger partial charge in [-0.15, -0.1) is 12.3 Å². The van der Waals surface area contributed by atoms with Gasteiger partial charge in [0.05, 0.1) is 72.0 Å². The fourth-order valence-corrected chi connectivity index (χ4v) is 8.34. The summed E-state index contributed by atoms with van der Waals surface area (Å²) >= 11 is 0. The summed E-state index contributed by atoms with van der Waals surface area (Å²) in [6, 6.07) is 17.4. The zero-order chi connectivity index (χ0) is 66.1. The van der Waals surface area contributed by atoms with Gasteiger partial charge in [0.25, 0.3) is 11.8 Å². The molecule has 22 nitrogen and oxygen atoms in total. The Morgan fingerprint density at radius 2 is 0.920 bits per heavy atom. The summed E-state index contributed by atoms with van der Waals surface area (Å²) in [7, 11) is 0. The third kappa shape index (κ3) is 20.8. The van der Waals surface area contributed by atoms with E-state index < -0.39 is 48.2 Å². The van der Waals surface area contributed by atoms with Crippen LogP contribution in [0.3, 0.4) is 0 Å². The van der Waals surface area contributed by atoms with Gasteiger partial charge in [0, 0.05) is 66.2 Å². The van der Waals surface area contributed by atoms with Crippen LogP contribution in [0.4, 0.5) is 49.1 Å². The Balaban J connectivity index is 0.000000377. The van der Waals surface area contributed by atoms with Crippen LogP contribution in [0.15, 0.2) is 73.1 Å². The number of ether oxygens (including phenoxy) is 4. The molecule has 0 aliphatic carbocycles. The number of halogens is 6. The van der Waals surface area contributed by atoms with Gasteiger partial charge >= 0.3 is 24.3 Å². The van der Waals surface area contributed by atoms with Gasteiger partial charge in [-0.3, -0.25) is 29.1 Å². The highest BCUT2D eigenvalue weighted by Crippen LogP contribution is 2.40. The first-order valence-corrected chi connectivity index (χ1v) is 27.5. The van der Waals surface area contributed by atoms with Crippen LogP contribution in [0.25, 0.3) is 21.8 Å². The van der Waals surface area contributed by atoms with Gasteiger partial charge in [0.1, 0.15) is 0 Å².